The number of amides is 1. The number of carbonyl (C=O) groups is 1. The lowest BCUT2D eigenvalue weighted by atomic mass is 9.96. The number of rotatable bonds is 2. The van der Waals surface area contributed by atoms with Crippen molar-refractivity contribution in [2.24, 2.45) is 14.1 Å². The molecule has 0 saturated carbocycles. The van der Waals surface area contributed by atoms with Crippen LogP contribution in [0.15, 0.2) is 30.3 Å². The molecule has 0 saturated heterocycles. The van der Waals surface area contributed by atoms with Gasteiger partial charge in [-0.05, 0) is 44.5 Å². The largest absolute Gasteiger partial charge is 0.435 e. The molecule has 11 heteroatoms. The lowest BCUT2D eigenvalue weighted by molar-refractivity contribution is -0.141. The fraction of sp³-hybridized carbons (Fsp3) is 0.333. The van der Waals surface area contributed by atoms with Crippen LogP contribution in [0, 0.1) is 12.7 Å². The molecule has 0 radical (unpaired) electrons. The minimum absolute atomic E-state index is 0.230. The summed E-state index contributed by atoms with van der Waals surface area (Å²) < 4.78 is 55.9. The van der Waals surface area contributed by atoms with Crippen LogP contribution in [0.2, 0.25) is 0 Å². The summed E-state index contributed by atoms with van der Waals surface area (Å²) in [5, 5.41) is 8.85. The lowest BCUT2D eigenvalue weighted by Crippen LogP contribution is -2.39. The number of aromatic nitrogens is 5. The van der Waals surface area contributed by atoms with E-state index in [-0.39, 0.29) is 5.91 Å². The van der Waals surface area contributed by atoms with E-state index in [0.717, 1.165) is 11.6 Å². The molecule has 0 spiro atoms. The van der Waals surface area contributed by atoms with Gasteiger partial charge in [-0.3, -0.25) is 19.1 Å². The van der Waals surface area contributed by atoms with Gasteiger partial charge < -0.3 is 4.90 Å². The van der Waals surface area contributed by atoms with Crippen LogP contribution in [0.5, 0.6) is 0 Å². The fourth-order valence-corrected chi connectivity index (χ4v) is 4.78. The van der Waals surface area contributed by atoms with Crippen LogP contribution >= 0.6 is 0 Å². The first-order chi connectivity index (χ1) is 16.5. The van der Waals surface area contributed by atoms with Crippen LogP contribution < -0.4 is 0 Å². The maximum Gasteiger partial charge on any atom is 0.435 e. The quantitative estimate of drug-likeness (QED) is 0.389. The summed E-state index contributed by atoms with van der Waals surface area (Å²) in [5.74, 6) is -0.631. The summed E-state index contributed by atoms with van der Waals surface area (Å²) in [6.07, 6.45) is -4.13. The van der Waals surface area contributed by atoms with Crippen LogP contribution in [0.25, 0.3) is 22.3 Å². The Hall–Kier alpha value is -3.76. The van der Waals surface area contributed by atoms with E-state index < -0.39 is 23.7 Å². The number of aryl methyl sites for hydroxylation is 3. The fourth-order valence-electron chi connectivity index (χ4n) is 4.78. The second-order valence-corrected chi connectivity index (χ2v) is 8.76. The van der Waals surface area contributed by atoms with E-state index in [1.807, 2.05) is 6.92 Å². The topological polar surface area (TPSA) is 68.8 Å². The molecule has 182 valence electrons. The number of pyridine rings is 1. The highest BCUT2D eigenvalue weighted by molar-refractivity contribution is 5.99. The van der Waals surface area contributed by atoms with Gasteiger partial charge in [0, 0.05) is 37.7 Å². The molecule has 3 aromatic heterocycles. The minimum Gasteiger partial charge on any atom is -0.330 e. The number of carbonyl (C=O) groups excluding carboxylic acids is 1. The molecule has 0 fully saturated rings. The van der Waals surface area contributed by atoms with E-state index in [9.17, 15) is 22.4 Å². The number of nitrogens with zero attached hydrogens (tertiary/aromatic N) is 6. The zero-order valence-electron chi connectivity index (χ0n) is 19.5. The summed E-state index contributed by atoms with van der Waals surface area (Å²) in [4.78, 5) is 19.6. The van der Waals surface area contributed by atoms with Crippen LogP contribution in [0.1, 0.15) is 46.0 Å². The van der Waals surface area contributed by atoms with Crippen LogP contribution in [0.3, 0.4) is 0 Å². The second-order valence-electron chi connectivity index (χ2n) is 8.76. The van der Waals surface area contributed by atoms with Crippen molar-refractivity contribution in [1.82, 2.24) is 29.4 Å². The lowest BCUT2D eigenvalue weighted by Gasteiger charge is -2.33. The smallest absolute Gasteiger partial charge is 0.330 e. The zero-order valence-corrected chi connectivity index (χ0v) is 19.5. The number of hydrogen-bond donors (Lipinski definition) is 0. The summed E-state index contributed by atoms with van der Waals surface area (Å²) in [5.41, 5.74) is 2.69. The number of hydrogen-bond acceptors (Lipinski definition) is 4. The molecular formula is C24H22F4N6O. The molecule has 4 aromatic rings. The number of alkyl halides is 3. The van der Waals surface area contributed by atoms with Gasteiger partial charge in [-0.15, -0.1) is 0 Å². The molecule has 1 aromatic carbocycles. The van der Waals surface area contributed by atoms with Crippen molar-refractivity contribution >= 4 is 16.8 Å². The van der Waals surface area contributed by atoms with E-state index in [1.54, 1.807) is 35.7 Å². The number of benzene rings is 1. The van der Waals surface area contributed by atoms with Gasteiger partial charge in [0.2, 0.25) is 0 Å². The molecule has 35 heavy (non-hydrogen) atoms. The third-order valence-corrected chi connectivity index (χ3v) is 6.52. The average Bonchev–Trinajstić information content (AvgIpc) is 3.32. The van der Waals surface area contributed by atoms with Gasteiger partial charge >= 0.3 is 6.18 Å². The van der Waals surface area contributed by atoms with Crippen LogP contribution in [-0.4, -0.2) is 41.9 Å². The molecule has 0 N–H and O–H groups in total. The molecule has 7 nitrogen and oxygen atoms in total. The predicted octanol–water partition coefficient (Wildman–Crippen LogP) is 4.59. The Labute approximate surface area is 198 Å². The molecule has 5 rings (SSSR count). The Balaban J connectivity index is 1.51. The normalized spacial score (nSPS) is 16.1. The molecule has 4 heterocycles. The maximum absolute atomic E-state index is 13.6. The number of fused-ring (bicyclic) bond motifs is 2. The Bertz CT molecular complexity index is 1490. The van der Waals surface area contributed by atoms with E-state index in [4.69, 9.17) is 0 Å². The maximum atomic E-state index is 13.6. The number of halogens is 4. The van der Waals surface area contributed by atoms with E-state index in [1.165, 1.54) is 23.9 Å². The Kier molecular flexibility index (Phi) is 5.19. The van der Waals surface area contributed by atoms with Crippen molar-refractivity contribution in [3.8, 4) is 11.4 Å². The first kappa shape index (κ1) is 23.0. The summed E-state index contributed by atoms with van der Waals surface area (Å²) >= 11 is 0. The molecule has 1 amide bonds. The SMILES string of the molecule is Cc1nc2cc(F)ccc2cc1C(=O)N1CCc2c(nn(C)c2-c2cc(C(F)(F)F)nn2C)C1C. The predicted molar refractivity (Wildman–Crippen MR) is 120 cm³/mol. The van der Waals surface area contributed by atoms with Gasteiger partial charge in [-0.25, -0.2) is 4.39 Å². The molecule has 1 atom stereocenters. The highest BCUT2D eigenvalue weighted by atomic mass is 19.4. The van der Waals surface area contributed by atoms with Gasteiger partial charge in [-0.2, -0.15) is 23.4 Å². The monoisotopic (exact) mass is 486 g/mol. The summed E-state index contributed by atoms with van der Waals surface area (Å²) in [6, 6.07) is 6.54. The van der Waals surface area contributed by atoms with Crippen molar-refractivity contribution in [2.45, 2.75) is 32.5 Å². The van der Waals surface area contributed by atoms with Crippen molar-refractivity contribution < 1.29 is 22.4 Å². The highest BCUT2D eigenvalue weighted by Crippen LogP contribution is 2.38. The third-order valence-electron chi connectivity index (χ3n) is 6.52. The van der Waals surface area contributed by atoms with Crippen LogP contribution in [0.4, 0.5) is 17.6 Å². The van der Waals surface area contributed by atoms with Gasteiger partial charge in [0.15, 0.2) is 5.69 Å². The first-order valence-electron chi connectivity index (χ1n) is 11.0. The minimum atomic E-state index is -4.55. The molecule has 1 aliphatic rings. The van der Waals surface area contributed by atoms with Crippen molar-refractivity contribution in [2.75, 3.05) is 6.54 Å². The second kappa shape index (κ2) is 7.89. The molecule has 1 aliphatic heterocycles. The molecule has 0 aliphatic carbocycles. The van der Waals surface area contributed by atoms with Crippen molar-refractivity contribution in [3.63, 3.8) is 0 Å². The summed E-state index contributed by atoms with van der Waals surface area (Å²) in [6.45, 7) is 3.91. The standard InChI is InChI=1S/C24H22F4N6O/c1-12-17(9-14-5-6-15(25)10-18(14)29-12)23(35)34-8-7-16-21(13(34)2)31-33(4)22(16)19-11-20(24(26,27)28)30-32(19)3/h5-6,9-11,13H,7-8H2,1-4H3. The van der Waals surface area contributed by atoms with E-state index in [0.29, 0.717) is 52.2 Å². The Morgan fingerprint density at radius 2 is 1.83 bits per heavy atom. The Morgan fingerprint density at radius 3 is 2.51 bits per heavy atom. The van der Waals surface area contributed by atoms with Crippen molar-refractivity contribution in [1.29, 1.82) is 0 Å². The van der Waals surface area contributed by atoms with Gasteiger partial charge in [-0.1, -0.05) is 0 Å². The van der Waals surface area contributed by atoms with E-state index in [2.05, 4.69) is 15.2 Å². The molecule has 0 bridgehead atoms. The highest BCUT2D eigenvalue weighted by Gasteiger charge is 2.38. The average molecular weight is 486 g/mol. The van der Waals surface area contributed by atoms with Gasteiger partial charge in [0.05, 0.1) is 39.9 Å². The first-order valence-corrected chi connectivity index (χ1v) is 11.0. The van der Waals surface area contributed by atoms with Crippen molar-refractivity contribution in [3.05, 3.63) is 64.4 Å². The summed E-state index contributed by atoms with van der Waals surface area (Å²) in [7, 11) is 3.14. The zero-order chi connectivity index (χ0) is 25.2. The Morgan fingerprint density at radius 1 is 1.09 bits per heavy atom. The molecule has 1 unspecified atom stereocenters. The van der Waals surface area contributed by atoms with E-state index >= 15 is 0 Å². The van der Waals surface area contributed by atoms with Crippen LogP contribution in [-0.2, 0) is 26.7 Å². The van der Waals surface area contributed by atoms with Gasteiger partial charge in [0.1, 0.15) is 5.82 Å². The molecular weight excluding hydrogens is 464 g/mol. The van der Waals surface area contributed by atoms with Gasteiger partial charge in [0.25, 0.3) is 5.91 Å². The third kappa shape index (κ3) is 3.75.